The van der Waals surface area contributed by atoms with Crippen molar-refractivity contribution in [3.63, 3.8) is 0 Å². The number of hydrogen-bond donors (Lipinski definition) is 0. The lowest BCUT2D eigenvalue weighted by Gasteiger charge is -2.35. The molecule has 1 fully saturated rings. The number of sulfonamides is 1. The second-order valence-corrected chi connectivity index (χ2v) is 7.98. The third-order valence-corrected chi connectivity index (χ3v) is 6.40. The van der Waals surface area contributed by atoms with E-state index < -0.39 is 10.0 Å². The van der Waals surface area contributed by atoms with Crippen molar-refractivity contribution in [2.24, 2.45) is 0 Å². The third kappa shape index (κ3) is 3.58. The zero-order valence-corrected chi connectivity index (χ0v) is 15.2. The SMILES string of the molecule is COc1cc(S(=O)(=O)N2CCN(c3ccccc3F)CC2)ccc1Cl. The third-order valence-electron chi connectivity index (χ3n) is 4.19. The Labute approximate surface area is 151 Å². The van der Waals surface area contributed by atoms with Crippen LogP contribution in [0.4, 0.5) is 10.1 Å². The first-order valence-corrected chi connectivity index (χ1v) is 9.58. The summed E-state index contributed by atoms with van der Waals surface area (Å²) in [5.74, 6) is 0.00831. The number of benzene rings is 2. The second-order valence-electron chi connectivity index (χ2n) is 5.64. The summed E-state index contributed by atoms with van der Waals surface area (Å²) in [5, 5.41) is 0.353. The minimum atomic E-state index is -3.65. The molecule has 0 unspecified atom stereocenters. The quantitative estimate of drug-likeness (QED) is 0.813. The van der Waals surface area contributed by atoms with E-state index in [0.29, 0.717) is 29.5 Å². The second kappa shape index (κ2) is 7.19. The van der Waals surface area contributed by atoms with E-state index in [1.807, 2.05) is 4.90 Å². The molecular formula is C17H18ClFN2O3S. The summed E-state index contributed by atoms with van der Waals surface area (Å²) >= 11 is 5.96. The number of para-hydroxylation sites is 1. The highest BCUT2D eigenvalue weighted by Gasteiger charge is 2.29. The van der Waals surface area contributed by atoms with Gasteiger partial charge in [-0.25, -0.2) is 12.8 Å². The van der Waals surface area contributed by atoms with Gasteiger partial charge in [0.05, 0.1) is 22.7 Å². The van der Waals surface area contributed by atoms with Crippen molar-refractivity contribution in [3.8, 4) is 5.75 Å². The topological polar surface area (TPSA) is 49.9 Å². The van der Waals surface area contributed by atoms with E-state index in [4.69, 9.17) is 16.3 Å². The Kier molecular flexibility index (Phi) is 5.17. The minimum Gasteiger partial charge on any atom is -0.495 e. The number of hydrogen-bond acceptors (Lipinski definition) is 4. The highest BCUT2D eigenvalue weighted by Crippen LogP contribution is 2.29. The summed E-state index contributed by atoms with van der Waals surface area (Å²) in [7, 11) is -2.22. The molecule has 1 aliphatic heterocycles. The average molecular weight is 385 g/mol. The summed E-state index contributed by atoms with van der Waals surface area (Å²) in [6.07, 6.45) is 0. The smallest absolute Gasteiger partial charge is 0.243 e. The summed E-state index contributed by atoms with van der Waals surface area (Å²) < 4.78 is 46.0. The Morgan fingerprint density at radius 3 is 2.40 bits per heavy atom. The molecule has 0 radical (unpaired) electrons. The van der Waals surface area contributed by atoms with Crippen molar-refractivity contribution in [1.82, 2.24) is 4.31 Å². The van der Waals surface area contributed by atoms with E-state index in [0.717, 1.165) is 0 Å². The van der Waals surface area contributed by atoms with Gasteiger partial charge in [0, 0.05) is 32.2 Å². The molecule has 1 aliphatic rings. The van der Waals surface area contributed by atoms with Crippen LogP contribution in [-0.2, 0) is 10.0 Å². The maximum absolute atomic E-state index is 13.9. The van der Waals surface area contributed by atoms with Crippen LogP contribution in [0.2, 0.25) is 5.02 Å². The lowest BCUT2D eigenvalue weighted by Crippen LogP contribution is -2.48. The number of halogens is 2. The highest BCUT2D eigenvalue weighted by molar-refractivity contribution is 7.89. The van der Waals surface area contributed by atoms with E-state index in [1.165, 1.54) is 35.7 Å². The van der Waals surface area contributed by atoms with Gasteiger partial charge in [-0.1, -0.05) is 23.7 Å². The van der Waals surface area contributed by atoms with E-state index in [1.54, 1.807) is 18.2 Å². The van der Waals surface area contributed by atoms with Crippen LogP contribution in [0.15, 0.2) is 47.4 Å². The summed E-state index contributed by atoms with van der Waals surface area (Å²) in [5.41, 5.74) is 0.493. The van der Waals surface area contributed by atoms with Crippen LogP contribution in [0.25, 0.3) is 0 Å². The standard InChI is InChI=1S/C17H18ClFN2O3S/c1-24-17-12-13(6-7-14(17)18)25(22,23)21-10-8-20(9-11-21)16-5-3-2-4-15(16)19/h2-7,12H,8-11H2,1H3. The lowest BCUT2D eigenvalue weighted by molar-refractivity contribution is 0.382. The van der Waals surface area contributed by atoms with Gasteiger partial charge in [-0.2, -0.15) is 4.31 Å². The molecular weight excluding hydrogens is 367 g/mol. The van der Waals surface area contributed by atoms with Gasteiger partial charge in [0.2, 0.25) is 10.0 Å². The molecule has 0 amide bonds. The van der Waals surface area contributed by atoms with Crippen molar-refractivity contribution in [2.45, 2.75) is 4.90 Å². The van der Waals surface area contributed by atoms with Crippen LogP contribution in [0, 0.1) is 5.82 Å². The van der Waals surface area contributed by atoms with Crippen molar-refractivity contribution in [3.05, 3.63) is 53.3 Å². The molecule has 0 N–H and O–H groups in total. The van der Waals surface area contributed by atoms with Crippen molar-refractivity contribution in [2.75, 3.05) is 38.2 Å². The molecule has 0 saturated carbocycles. The monoisotopic (exact) mass is 384 g/mol. The van der Waals surface area contributed by atoms with E-state index in [-0.39, 0.29) is 23.8 Å². The molecule has 0 aromatic heterocycles. The van der Waals surface area contributed by atoms with Crippen molar-refractivity contribution < 1.29 is 17.5 Å². The molecule has 0 aliphatic carbocycles. The van der Waals surface area contributed by atoms with Gasteiger partial charge in [-0.3, -0.25) is 0 Å². The van der Waals surface area contributed by atoms with Crippen LogP contribution in [0.1, 0.15) is 0 Å². The van der Waals surface area contributed by atoms with E-state index in [2.05, 4.69) is 0 Å². The fourth-order valence-corrected chi connectivity index (χ4v) is 4.46. The highest BCUT2D eigenvalue weighted by atomic mass is 35.5. The molecule has 5 nitrogen and oxygen atoms in total. The van der Waals surface area contributed by atoms with E-state index >= 15 is 0 Å². The molecule has 0 bridgehead atoms. The van der Waals surface area contributed by atoms with Gasteiger partial charge in [0.15, 0.2) is 0 Å². The van der Waals surface area contributed by atoms with E-state index in [9.17, 15) is 12.8 Å². The molecule has 2 aromatic rings. The maximum atomic E-state index is 13.9. The van der Waals surface area contributed by atoms with Gasteiger partial charge in [0.1, 0.15) is 11.6 Å². The Bertz CT molecular complexity index is 868. The van der Waals surface area contributed by atoms with Gasteiger partial charge in [-0.15, -0.1) is 0 Å². The van der Waals surface area contributed by atoms with Crippen LogP contribution in [-0.4, -0.2) is 46.0 Å². The summed E-state index contributed by atoms with van der Waals surface area (Å²) in [6.45, 7) is 1.40. The molecule has 1 heterocycles. The molecule has 25 heavy (non-hydrogen) atoms. The van der Waals surface area contributed by atoms with Gasteiger partial charge < -0.3 is 9.64 Å². The zero-order valence-electron chi connectivity index (χ0n) is 13.7. The Balaban J connectivity index is 1.77. The molecule has 134 valence electrons. The fraction of sp³-hybridized carbons (Fsp3) is 0.294. The molecule has 8 heteroatoms. The molecule has 2 aromatic carbocycles. The molecule has 3 rings (SSSR count). The number of nitrogens with zero attached hydrogens (tertiary/aromatic N) is 2. The molecule has 1 saturated heterocycles. The average Bonchev–Trinajstić information content (AvgIpc) is 2.62. The fourth-order valence-electron chi connectivity index (χ4n) is 2.83. The first kappa shape index (κ1) is 18.0. The molecule has 0 spiro atoms. The summed E-state index contributed by atoms with van der Waals surface area (Å²) in [6, 6.07) is 10.9. The van der Waals surface area contributed by atoms with Gasteiger partial charge >= 0.3 is 0 Å². The zero-order chi connectivity index (χ0) is 18.0. The number of anilines is 1. The number of methoxy groups -OCH3 is 1. The van der Waals surface area contributed by atoms with Crippen LogP contribution >= 0.6 is 11.6 Å². The number of rotatable bonds is 4. The van der Waals surface area contributed by atoms with Crippen molar-refractivity contribution >= 4 is 27.3 Å². The largest absolute Gasteiger partial charge is 0.495 e. The van der Waals surface area contributed by atoms with Crippen LogP contribution in [0.5, 0.6) is 5.75 Å². The van der Waals surface area contributed by atoms with Gasteiger partial charge in [0.25, 0.3) is 0 Å². The Hall–Kier alpha value is -1.83. The summed E-state index contributed by atoms with van der Waals surface area (Å²) in [4.78, 5) is 1.98. The normalized spacial score (nSPS) is 16.0. The van der Waals surface area contributed by atoms with Crippen LogP contribution in [0.3, 0.4) is 0 Å². The Morgan fingerprint density at radius 2 is 1.76 bits per heavy atom. The number of ether oxygens (including phenoxy) is 1. The minimum absolute atomic E-state index is 0.132. The van der Waals surface area contributed by atoms with Crippen LogP contribution < -0.4 is 9.64 Å². The molecule has 0 atom stereocenters. The van der Waals surface area contributed by atoms with Crippen molar-refractivity contribution in [1.29, 1.82) is 0 Å². The Morgan fingerprint density at radius 1 is 1.08 bits per heavy atom. The van der Waals surface area contributed by atoms with Gasteiger partial charge in [-0.05, 0) is 24.3 Å². The lowest BCUT2D eigenvalue weighted by atomic mass is 10.2. The first-order valence-electron chi connectivity index (χ1n) is 7.76. The number of piperazine rings is 1. The predicted octanol–water partition coefficient (Wildman–Crippen LogP) is 3.00. The first-order chi connectivity index (χ1) is 11.9. The maximum Gasteiger partial charge on any atom is 0.243 e. The predicted molar refractivity (Wildman–Crippen MR) is 95.4 cm³/mol.